The fraction of sp³-hybridized carbons (Fsp3) is 0.412. The largest absolute Gasteiger partial charge is 0.452 e. The van der Waals surface area contributed by atoms with Gasteiger partial charge in [0.2, 0.25) is 5.91 Å². The van der Waals surface area contributed by atoms with Crippen LogP contribution < -0.4 is 10.6 Å². The van der Waals surface area contributed by atoms with Gasteiger partial charge in [-0.15, -0.1) is 0 Å². The second-order valence-corrected chi connectivity index (χ2v) is 5.29. The van der Waals surface area contributed by atoms with Gasteiger partial charge in [-0.05, 0) is 37.6 Å². The number of hydrogen-bond acceptors (Lipinski definition) is 5. The lowest BCUT2D eigenvalue weighted by atomic mass is 10.2. The van der Waals surface area contributed by atoms with Gasteiger partial charge in [-0.3, -0.25) is 9.59 Å². The van der Waals surface area contributed by atoms with Gasteiger partial charge >= 0.3 is 5.97 Å². The fourth-order valence-electron chi connectivity index (χ4n) is 2.00. The van der Waals surface area contributed by atoms with Crippen molar-refractivity contribution >= 4 is 23.5 Å². The van der Waals surface area contributed by atoms with Crippen LogP contribution in [0.2, 0.25) is 0 Å². The van der Waals surface area contributed by atoms with Crippen molar-refractivity contribution in [2.75, 3.05) is 11.9 Å². The van der Waals surface area contributed by atoms with Crippen molar-refractivity contribution in [2.24, 2.45) is 0 Å². The number of nitrogens with zero attached hydrogens (tertiary/aromatic N) is 1. The molecule has 0 aliphatic rings. The first-order valence-electron chi connectivity index (χ1n) is 7.69. The smallest absolute Gasteiger partial charge is 0.338 e. The second-order valence-electron chi connectivity index (χ2n) is 5.29. The molecule has 0 aliphatic heterocycles. The molecule has 7 nitrogen and oxygen atoms in total. The van der Waals surface area contributed by atoms with Crippen LogP contribution in [0.3, 0.4) is 0 Å². The van der Waals surface area contributed by atoms with Gasteiger partial charge in [0, 0.05) is 11.7 Å². The van der Waals surface area contributed by atoms with Gasteiger partial charge in [0.05, 0.1) is 11.6 Å². The Kier molecular flexibility index (Phi) is 7.99. The predicted molar refractivity (Wildman–Crippen MR) is 88.1 cm³/mol. The van der Waals surface area contributed by atoms with Crippen LogP contribution in [0, 0.1) is 11.3 Å². The minimum Gasteiger partial charge on any atom is -0.452 e. The normalized spacial score (nSPS) is 11.0. The Balaban J connectivity index is 2.47. The van der Waals surface area contributed by atoms with E-state index in [0.717, 1.165) is 12.8 Å². The SMILES string of the molecule is CCCC(C)NC(=O)COC(=O)c1ccc(NC(=O)CC#N)cc1. The summed E-state index contributed by atoms with van der Waals surface area (Å²) in [6, 6.07) is 7.78. The zero-order chi connectivity index (χ0) is 17.9. The molecule has 1 aromatic carbocycles. The van der Waals surface area contributed by atoms with E-state index in [1.165, 1.54) is 24.3 Å². The van der Waals surface area contributed by atoms with Crippen LogP contribution in [0.25, 0.3) is 0 Å². The van der Waals surface area contributed by atoms with Crippen molar-refractivity contribution in [3.8, 4) is 6.07 Å². The molecular formula is C17H21N3O4. The van der Waals surface area contributed by atoms with Gasteiger partial charge in [0.1, 0.15) is 6.42 Å². The molecule has 0 heterocycles. The summed E-state index contributed by atoms with van der Waals surface area (Å²) in [6.45, 7) is 3.57. The van der Waals surface area contributed by atoms with E-state index in [9.17, 15) is 14.4 Å². The molecule has 0 saturated heterocycles. The second kappa shape index (κ2) is 10.0. The van der Waals surface area contributed by atoms with Crippen molar-refractivity contribution in [3.05, 3.63) is 29.8 Å². The summed E-state index contributed by atoms with van der Waals surface area (Å²) >= 11 is 0. The van der Waals surface area contributed by atoms with E-state index < -0.39 is 11.9 Å². The summed E-state index contributed by atoms with van der Waals surface area (Å²) in [6.07, 6.45) is 1.58. The molecule has 1 unspecified atom stereocenters. The maximum absolute atomic E-state index is 11.9. The highest BCUT2D eigenvalue weighted by molar-refractivity contribution is 5.94. The van der Waals surface area contributed by atoms with Crippen LogP contribution >= 0.6 is 0 Å². The fourth-order valence-corrected chi connectivity index (χ4v) is 2.00. The molecule has 24 heavy (non-hydrogen) atoms. The average Bonchev–Trinajstić information content (AvgIpc) is 2.53. The lowest BCUT2D eigenvalue weighted by Gasteiger charge is -2.12. The topological polar surface area (TPSA) is 108 Å². The third-order valence-corrected chi connectivity index (χ3v) is 3.11. The van der Waals surface area contributed by atoms with E-state index in [1.54, 1.807) is 6.07 Å². The van der Waals surface area contributed by atoms with Crippen molar-refractivity contribution in [3.63, 3.8) is 0 Å². The molecule has 2 amide bonds. The van der Waals surface area contributed by atoms with E-state index >= 15 is 0 Å². The molecule has 7 heteroatoms. The molecule has 0 saturated carbocycles. The molecular weight excluding hydrogens is 310 g/mol. The molecule has 1 rings (SSSR count). The van der Waals surface area contributed by atoms with Gasteiger partial charge < -0.3 is 15.4 Å². The van der Waals surface area contributed by atoms with Crippen LogP contribution in [-0.2, 0) is 14.3 Å². The summed E-state index contributed by atoms with van der Waals surface area (Å²) in [5.41, 5.74) is 0.737. The molecule has 2 N–H and O–H groups in total. The Morgan fingerprint density at radius 1 is 1.21 bits per heavy atom. The number of anilines is 1. The van der Waals surface area contributed by atoms with E-state index in [-0.39, 0.29) is 30.5 Å². The zero-order valence-electron chi connectivity index (χ0n) is 13.8. The van der Waals surface area contributed by atoms with Crippen LogP contribution in [0.5, 0.6) is 0 Å². The number of ether oxygens (including phenoxy) is 1. The molecule has 128 valence electrons. The number of nitriles is 1. The number of amides is 2. The quantitative estimate of drug-likeness (QED) is 0.708. The standard InChI is InChI=1S/C17H21N3O4/c1-3-4-12(2)19-16(22)11-24-17(23)13-5-7-14(8-6-13)20-15(21)9-10-18/h5-8,12H,3-4,9,11H2,1-2H3,(H,19,22)(H,20,21). The molecule has 1 atom stereocenters. The number of benzene rings is 1. The first kappa shape index (κ1) is 19.2. The van der Waals surface area contributed by atoms with Crippen molar-refractivity contribution in [1.82, 2.24) is 5.32 Å². The molecule has 0 bridgehead atoms. The minimum atomic E-state index is -0.622. The van der Waals surface area contributed by atoms with Crippen LogP contribution in [-0.4, -0.2) is 30.4 Å². The van der Waals surface area contributed by atoms with Crippen LogP contribution in [0.1, 0.15) is 43.5 Å². The monoisotopic (exact) mass is 331 g/mol. The maximum Gasteiger partial charge on any atom is 0.338 e. The molecule has 0 aliphatic carbocycles. The first-order chi connectivity index (χ1) is 11.5. The Hall–Kier alpha value is -2.88. The minimum absolute atomic E-state index is 0.0394. The zero-order valence-corrected chi connectivity index (χ0v) is 13.8. The number of hydrogen-bond donors (Lipinski definition) is 2. The highest BCUT2D eigenvalue weighted by atomic mass is 16.5. The molecule has 1 aromatic rings. The first-order valence-corrected chi connectivity index (χ1v) is 7.69. The summed E-state index contributed by atoms with van der Waals surface area (Å²) < 4.78 is 4.95. The average molecular weight is 331 g/mol. The van der Waals surface area contributed by atoms with E-state index in [0.29, 0.717) is 5.69 Å². The van der Waals surface area contributed by atoms with Gasteiger partial charge in [0.15, 0.2) is 6.61 Å². The molecule has 0 radical (unpaired) electrons. The van der Waals surface area contributed by atoms with Crippen molar-refractivity contribution < 1.29 is 19.1 Å². The van der Waals surface area contributed by atoms with Crippen molar-refractivity contribution in [2.45, 2.75) is 39.2 Å². The van der Waals surface area contributed by atoms with E-state index in [4.69, 9.17) is 10.00 Å². The highest BCUT2D eigenvalue weighted by Gasteiger charge is 2.12. The van der Waals surface area contributed by atoms with Gasteiger partial charge in [0.25, 0.3) is 5.91 Å². The Labute approximate surface area is 141 Å². The lowest BCUT2D eigenvalue weighted by Crippen LogP contribution is -2.35. The number of nitrogens with one attached hydrogen (secondary N) is 2. The Morgan fingerprint density at radius 2 is 1.88 bits per heavy atom. The lowest BCUT2D eigenvalue weighted by molar-refractivity contribution is -0.124. The number of carbonyl (C=O) groups is 3. The third-order valence-electron chi connectivity index (χ3n) is 3.11. The summed E-state index contributed by atoms with van der Waals surface area (Å²) in [7, 11) is 0. The number of rotatable bonds is 8. The summed E-state index contributed by atoms with van der Waals surface area (Å²) in [5, 5.41) is 13.7. The molecule has 0 aromatic heterocycles. The van der Waals surface area contributed by atoms with E-state index in [1.807, 2.05) is 13.8 Å². The molecule has 0 fully saturated rings. The Bertz CT molecular complexity index is 620. The van der Waals surface area contributed by atoms with Crippen LogP contribution in [0.4, 0.5) is 5.69 Å². The van der Waals surface area contributed by atoms with Crippen molar-refractivity contribution in [1.29, 1.82) is 5.26 Å². The third kappa shape index (κ3) is 6.92. The van der Waals surface area contributed by atoms with Gasteiger partial charge in [-0.2, -0.15) is 5.26 Å². The summed E-state index contributed by atoms with van der Waals surface area (Å²) in [4.78, 5) is 34.8. The van der Waals surface area contributed by atoms with Gasteiger partial charge in [-0.1, -0.05) is 13.3 Å². The van der Waals surface area contributed by atoms with E-state index in [2.05, 4.69) is 10.6 Å². The number of esters is 1. The number of carbonyl (C=O) groups excluding carboxylic acids is 3. The predicted octanol–water partition coefficient (Wildman–Crippen LogP) is 2.00. The molecule has 0 spiro atoms. The maximum atomic E-state index is 11.9. The van der Waals surface area contributed by atoms with Crippen LogP contribution in [0.15, 0.2) is 24.3 Å². The highest BCUT2D eigenvalue weighted by Crippen LogP contribution is 2.11. The van der Waals surface area contributed by atoms with Gasteiger partial charge in [-0.25, -0.2) is 4.79 Å². The Morgan fingerprint density at radius 3 is 2.46 bits per heavy atom. The summed E-state index contributed by atoms with van der Waals surface area (Å²) in [5.74, 6) is -1.39.